The smallest absolute Gasteiger partial charge is 0.147 e. The average Bonchev–Trinajstić information content (AvgIpc) is 2.31. The summed E-state index contributed by atoms with van der Waals surface area (Å²) in [4.78, 5) is 7.84. The largest absolute Gasteiger partial charge is 0.497 e. The number of aromatic nitrogens is 2. The van der Waals surface area contributed by atoms with Crippen molar-refractivity contribution in [3.05, 3.63) is 41.6 Å². The van der Waals surface area contributed by atoms with Gasteiger partial charge in [0.15, 0.2) is 0 Å². The van der Waals surface area contributed by atoms with E-state index in [-0.39, 0.29) is 11.0 Å². The van der Waals surface area contributed by atoms with Crippen molar-refractivity contribution < 1.29 is 9.13 Å². The van der Waals surface area contributed by atoms with E-state index in [9.17, 15) is 4.39 Å². The second kappa shape index (κ2) is 4.45. The van der Waals surface area contributed by atoms with Crippen LogP contribution in [0.2, 0.25) is 5.15 Å². The van der Waals surface area contributed by atoms with Crippen molar-refractivity contribution in [2.75, 3.05) is 7.11 Å². The molecule has 1 aromatic heterocycles. The van der Waals surface area contributed by atoms with Crippen LogP contribution in [0.3, 0.4) is 0 Å². The van der Waals surface area contributed by atoms with Crippen molar-refractivity contribution in [3.63, 3.8) is 0 Å². The summed E-state index contributed by atoms with van der Waals surface area (Å²) in [7, 11) is 1.52. The van der Waals surface area contributed by atoms with Crippen LogP contribution in [-0.2, 0) is 0 Å². The van der Waals surface area contributed by atoms with E-state index < -0.39 is 0 Å². The van der Waals surface area contributed by atoms with E-state index in [0.29, 0.717) is 17.0 Å². The normalized spacial score (nSPS) is 10.2. The van der Waals surface area contributed by atoms with Crippen LogP contribution in [-0.4, -0.2) is 17.1 Å². The van der Waals surface area contributed by atoms with Crippen LogP contribution in [0.15, 0.2) is 30.6 Å². The van der Waals surface area contributed by atoms with Gasteiger partial charge < -0.3 is 4.74 Å². The molecular weight excluding hydrogens is 231 g/mol. The average molecular weight is 239 g/mol. The summed E-state index contributed by atoms with van der Waals surface area (Å²) in [5.41, 5.74) is 0.754. The van der Waals surface area contributed by atoms with Gasteiger partial charge in [0, 0.05) is 5.56 Å². The van der Waals surface area contributed by atoms with Crippen LogP contribution in [0.25, 0.3) is 11.3 Å². The molecule has 1 aromatic carbocycles. The molecule has 1 heterocycles. The molecule has 0 aliphatic rings. The molecule has 0 bridgehead atoms. The number of nitrogens with zero attached hydrogens (tertiary/aromatic N) is 2. The summed E-state index contributed by atoms with van der Waals surface area (Å²) in [6.45, 7) is 0. The summed E-state index contributed by atoms with van der Waals surface area (Å²) in [6.07, 6.45) is 2.79. The number of rotatable bonds is 2. The van der Waals surface area contributed by atoms with E-state index in [4.69, 9.17) is 16.3 Å². The summed E-state index contributed by atoms with van der Waals surface area (Å²) in [5.74, 6) is 0.186. The van der Waals surface area contributed by atoms with Crippen LogP contribution in [0.4, 0.5) is 4.39 Å². The minimum absolute atomic E-state index is 0.270. The maximum Gasteiger partial charge on any atom is 0.147 e. The van der Waals surface area contributed by atoms with Crippen molar-refractivity contribution >= 4 is 11.6 Å². The first-order chi connectivity index (χ1) is 7.70. The Labute approximate surface area is 96.9 Å². The molecule has 0 spiro atoms. The first kappa shape index (κ1) is 10.8. The van der Waals surface area contributed by atoms with Crippen LogP contribution in [0.5, 0.6) is 5.75 Å². The Morgan fingerprint density at radius 1 is 1.25 bits per heavy atom. The molecule has 0 saturated heterocycles. The van der Waals surface area contributed by atoms with Crippen LogP contribution in [0, 0.1) is 5.82 Å². The maximum absolute atomic E-state index is 13.5. The predicted octanol–water partition coefficient (Wildman–Crippen LogP) is 2.94. The van der Waals surface area contributed by atoms with Crippen molar-refractivity contribution in [2.45, 2.75) is 0 Å². The summed E-state index contributed by atoms with van der Waals surface area (Å²) in [5, 5.41) is 0.270. The first-order valence-corrected chi connectivity index (χ1v) is 4.90. The molecule has 5 heteroatoms. The van der Waals surface area contributed by atoms with Gasteiger partial charge in [0.2, 0.25) is 0 Å². The van der Waals surface area contributed by atoms with E-state index in [0.717, 1.165) is 0 Å². The van der Waals surface area contributed by atoms with Crippen LogP contribution >= 0.6 is 11.6 Å². The highest BCUT2D eigenvalue weighted by Crippen LogP contribution is 2.25. The molecule has 2 rings (SSSR count). The lowest BCUT2D eigenvalue weighted by Crippen LogP contribution is -1.91. The zero-order valence-electron chi connectivity index (χ0n) is 8.45. The second-order valence-corrected chi connectivity index (χ2v) is 3.46. The molecule has 0 amide bonds. The molecule has 82 valence electrons. The third-order valence-corrected chi connectivity index (χ3v) is 2.26. The standard InChI is InChI=1S/C11H8ClFN2O/c1-16-7-2-3-9(13)8(4-7)10-5-15-11(12)6-14-10/h2-6H,1H3. The minimum atomic E-state index is -0.377. The van der Waals surface area contributed by atoms with Gasteiger partial charge in [-0.15, -0.1) is 0 Å². The van der Waals surface area contributed by atoms with E-state index in [1.54, 1.807) is 12.1 Å². The molecule has 0 atom stereocenters. The lowest BCUT2D eigenvalue weighted by Gasteiger charge is -2.05. The fourth-order valence-electron chi connectivity index (χ4n) is 1.28. The molecular formula is C11H8ClFN2O. The van der Waals surface area contributed by atoms with Crippen molar-refractivity contribution in [1.29, 1.82) is 0 Å². The zero-order chi connectivity index (χ0) is 11.5. The molecule has 0 unspecified atom stereocenters. The Kier molecular flexibility index (Phi) is 3.01. The quantitative estimate of drug-likeness (QED) is 0.807. The Morgan fingerprint density at radius 3 is 2.69 bits per heavy atom. The Hall–Kier alpha value is -1.68. The predicted molar refractivity (Wildman–Crippen MR) is 59.0 cm³/mol. The van der Waals surface area contributed by atoms with Crippen LogP contribution < -0.4 is 4.74 Å². The monoisotopic (exact) mass is 238 g/mol. The minimum Gasteiger partial charge on any atom is -0.497 e. The zero-order valence-corrected chi connectivity index (χ0v) is 9.20. The molecule has 0 N–H and O–H groups in total. The van der Waals surface area contributed by atoms with Crippen molar-refractivity contribution in [1.82, 2.24) is 9.97 Å². The van der Waals surface area contributed by atoms with E-state index in [1.807, 2.05) is 0 Å². The second-order valence-electron chi connectivity index (χ2n) is 3.07. The highest BCUT2D eigenvalue weighted by atomic mass is 35.5. The molecule has 0 saturated carbocycles. The number of halogens is 2. The van der Waals surface area contributed by atoms with Gasteiger partial charge >= 0.3 is 0 Å². The molecule has 16 heavy (non-hydrogen) atoms. The number of hydrogen-bond acceptors (Lipinski definition) is 3. The Balaban J connectivity index is 2.50. The van der Waals surface area contributed by atoms with Crippen molar-refractivity contribution in [2.24, 2.45) is 0 Å². The van der Waals surface area contributed by atoms with Gasteiger partial charge in [0.05, 0.1) is 25.2 Å². The molecule has 0 aliphatic heterocycles. The number of methoxy groups -OCH3 is 1. The van der Waals surface area contributed by atoms with Crippen LogP contribution in [0.1, 0.15) is 0 Å². The van der Waals surface area contributed by atoms with Gasteiger partial charge in [-0.3, -0.25) is 4.98 Å². The van der Waals surface area contributed by atoms with E-state index >= 15 is 0 Å². The Morgan fingerprint density at radius 2 is 2.06 bits per heavy atom. The molecule has 0 aliphatic carbocycles. The van der Waals surface area contributed by atoms with Gasteiger partial charge in [-0.05, 0) is 18.2 Å². The lowest BCUT2D eigenvalue weighted by atomic mass is 10.1. The molecule has 0 radical (unpaired) electrons. The van der Waals surface area contributed by atoms with E-state index in [1.165, 1.54) is 25.6 Å². The Bertz CT molecular complexity index is 502. The summed E-state index contributed by atoms with van der Waals surface area (Å²) in [6, 6.07) is 4.43. The number of ether oxygens (including phenoxy) is 1. The summed E-state index contributed by atoms with van der Waals surface area (Å²) < 4.78 is 18.6. The SMILES string of the molecule is COc1ccc(F)c(-c2cnc(Cl)cn2)c1. The molecule has 3 nitrogen and oxygen atoms in total. The van der Waals surface area contributed by atoms with Gasteiger partial charge in [-0.25, -0.2) is 9.37 Å². The summed E-state index contributed by atoms with van der Waals surface area (Å²) >= 11 is 5.61. The fourth-order valence-corrected chi connectivity index (χ4v) is 1.38. The third-order valence-electron chi connectivity index (χ3n) is 2.07. The third kappa shape index (κ3) is 2.12. The van der Waals surface area contributed by atoms with Crippen molar-refractivity contribution in [3.8, 4) is 17.0 Å². The topological polar surface area (TPSA) is 35.0 Å². The van der Waals surface area contributed by atoms with Gasteiger partial charge in [-0.1, -0.05) is 11.6 Å². The lowest BCUT2D eigenvalue weighted by molar-refractivity contribution is 0.414. The highest BCUT2D eigenvalue weighted by Gasteiger charge is 2.08. The molecule has 0 fully saturated rings. The van der Waals surface area contributed by atoms with E-state index in [2.05, 4.69) is 9.97 Å². The highest BCUT2D eigenvalue weighted by molar-refractivity contribution is 6.29. The number of hydrogen-bond donors (Lipinski definition) is 0. The first-order valence-electron chi connectivity index (χ1n) is 4.52. The maximum atomic E-state index is 13.5. The van der Waals surface area contributed by atoms with Gasteiger partial charge in [0.1, 0.15) is 16.7 Å². The molecule has 2 aromatic rings. The van der Waals surface area contributed by atoms with Gasteiger partial charge in [-0.2, -0.15) is 0 Å². The van der Waals surface area contributed by atoms with Gasteiger partial charge in [0.25, 0.3) is 0 Å². The fraction of sp³-hybridized carbons (Fsp3) is 0.0909. The number of benzene rings is 1.